The molecule has 2 aromatic carbocycles. The minimum atomic E-state index is -0.256. The fourth-order valence-electron chi connectivity index (χ4n) is 4.11. The number of hydrogen-bond acceptors (Lipinski definition) is 4. The van der Waals surface area contributed by atoms with E-state index in [9.17, 15) is 4.79 Å². The molecular formula is C23H20ClN3OS. The summed E-state index contributed by atoms with van der Waals surface area (Å²) in [7, 11) is 0. The molecule has 6 heteroatoms. The molecule has 0 saturated carbocycles. The van der Waals surface area contributed by atoms with E-state index in [2.05, 4.69) is 55.9 Å². The van der Waals surface area contributed by atoms with Gasteiger partial charge in [0, 0.05) is 64.1 Å². The second kappa shape index (κ2) is 7.58. The van der Waals surface area contributed by atoms with Gasteiger partial charge in [-0.15, -0.1) is 0 Å². The van der Waals surface area contributed by atoms with Gasteiger partial charge in [0.25, 0.3) is 0 Å². The number of ketones is 1. The van der Waals surface area contributed by atoms with Crippen molar-refractivity contribution in [1.29, 1.82) is 0 Å². The number of benzene rings is 2. The summed E-state index contributed by atoms with van der Waals surface area (Å²) in [5, 5.41) is 6.01. The summed E-state index contributed by atoms with van der Waals surface area (Å²) in [6, 6.07) is 17.4. The molecule has 3 heterocycles. The van der Waals surface area contributed by atoms with Crippen molar-refractivity contribution < 1.29 is 4.79 Å². The van der Waals surface area contributed by atoms with Gasteiger partial charge in [0.15, 0.2) is 5.78 Å². The molecule has 4 nitrogen and oxygen atoms in total. The number of thiophene rings is 1. The van der Waals surface area contributed by atoms with Crippen LogP contribution in [-0.2, 0) is 0 Å². The van der Waals surface area contributed by atoms with Gasteiger partial charge in [0.05, 0.1) is 0 Å². The fourth-order valence-corrected chi connectivity index (χ4v) is 4.88. The minimum absolute atomic E-state index is 0.124. The first-order chi connectivity index (χ1) is 14.2. The Balaban J connectivity index is 1.51. The average molecular weight is 422 g/mol. The number of piperazine rings is 1. The topological polar surface area (TPSA) is 39.3 Å². The van der Waals surface area contributed by atoms with Crippen molar-refractivity contribution in [3.05, 3.63) is 82.1 Å². The van der Waals surface area contributed by atoms with Gasteiger partial charge in [-0.05, 0) is 53.9 Å². The Morgan fingerprint density at radius 2 is 1.93 bits per heavy atom. The van der Waals surface area contributed by atoms with E-state index in [-0.39, 0.29) is 11.8 Å². The fraction of sp³-hybridized carbons (Fsp3) is 0.174. The Hall–Kier alpha value is -2.76. The molecule has 1 atom stereocenters. The number of carbonyl (C=O) groups excluding carboxylic acids is 1. The quantitative estimate of drug-likeness (QED) is 0.444. The van der Waals surface area contributed by atoms with Gasteiger partial charge in [0.1, 0.15) is 6.04 Å². The van der Waals surface area contributed by atoms with Crippen molar-refractivity contribution in [2.24, 2.45) is 0 Å². The summed E-state index contributed by atoms with van der Waals surface area (Å²) in [4.78, 5) is 21.3. The van der Waals surface area contributed by atoms with E-state index in [4.69, 9.17) is 11.6 Å². The van der Waals surface area contributed by atoms with Gasteiger partial charge in [-0.3, -0.25) is 4.79 Å². The SMILES string of the molecule is O=C(c1ccc(Cl)cc1)C1CN(c2cccc3[nH]ccc23)CCN1c1ccsc1. The molecule has 1 fully saturated rings. The molecule has 1 aliphatic heterocycles. The molecule has 0 aliphatic carbocycles. The van der Waals surface area contributed by atoms with Crippen LogP contribution in [0.3, 0.4) is 0 Å². The zero-order chi connectivity index (χ0) is 19.8. The molecule has 0 spiro atoms. The van der Waals surface area contributed by atoms with E-state index in [0.29, 0.717) is 17.1 Å². The van der Waals surface area contributed by atoms with Crippen LogP contribution in [0.1, 0.15) is 10.4 Å². The van der Waals surface area contributed by atoms with Crippen LogP contribution in [0.5, 0.6) is 0 Å². The van der Waals surface area contributed by atoms with Crippen LogP contribution in [0.15, 0.2) is 71.6 Å². The molecular weight excluding hydrogens is 402 g/mol. The molecule has 0 amide bonds. The molecule has 5 rings (SSSR count). The number of anilines is 2. The predicted octanol–water partition coefficient (Wildman–Crippen LogP) is 5.46. The molecule has 1 saturated heterocycles. The highest BCUT2D eigenvalue weighted by Crippen LogP contribution is 2.31. The number of nitrogens with zero attached hydrogens (tertiary/aromatic N) is 2. The molecule has 2 aromatic heterocycles. The van der Waals surface area contributed by atoms with Gasteiger partial charge >= 0.3 is 0 Å². The van der Waals surface area contributed by atoms with Crippen molar-refractivity contribution in [3.63, 3.8) is 0 Å². The Morgan fingerprint density at radius 1 is 1.07 bits per heavy atom. The number of Topliss-reactive ketones (excluding diaryl/α,β-unsaturated/α-hetero) is 1. The van der Waals surface area contributed by atoms with Gasteiger partial charge in [-0.1, -0.05) is 17.7 Å². The highest BCUT2D eigenvalue weighted by Gasteiger charge is 2.34. The van der Waals surface area contributed by atoms with Crippen molar-refractivity contribution in [1.82, 2.24) is 4.98 Å². The average Bonchev–Trinajstić information content (AvgIpc) is 3.45. The lowest BCUT2D eigenvalue weighted by Gasteiger charge is -2.42. The van der Waals surface area contributed by atoms with Gasteiger partial charge < -0.3 is 14.8 Å². The Kier molecular flexibility index (Phi) is 4.78. The first kappa shape index (κ1) is 18.3. The van der Waals surface area contributed by atoms with Crippen molar-refractivity contribution >= 4 is 51.0 Å². The number of hydrogen-bond donors (Lipinski definition) is 1. The number of carbonyl (C=O) groups is 1. The van der Waals surface area contributed by atoms with Crippen molar-refractivity contribution in [3.8, 4) is 0 Å². The van der Waals surface area contributed by atoms with Crippen molar-refractivity contribution in [2.45, 2.75) is 6.04 Å². The maximum absolute atomic E-state index is 13.5. The standard InChI is InChI=1S/C23H20ClN3OS/c24-17-6-4-16(5-7-17)23(28)22-14-26(11-12-27(22)18-9-13-29-15-18)21-3-1-2-20-19(21)8-10-25-20/h1-10,13,15,22,25H,11-12,14H2. The summed E-state index contributed by atoms with van der Waals surface area (Å²) in [5.41, 5.74) is 4.09. The van der Waals surface area contributed by atoms with E-state index in [1.807, 2.05) is 18.3 Å². The van der Waals surface area contributed by atoms with Crippen LogP contribution in [0.4, 0.5) is 11.4 Å². The second-order valence-corrected chi connectivity index (χ2v) is 8.44. The van der Waals surface area contributed by atoms with Crippen LogP contribution in [0, 0.1) is 0 Å². The zero-order valence-corrected chi connectivity index (χ0v) is 17.3. The first-order valence-electron chi connectivity index (χ1n) is 9.60. The summed E-state index contributed by atoms with van der Waals surface area (Å²) in [6.07, 6.45) is 1.96. The van der Waals surface area contributed by atoms with E-state index in [1.165, 1.54) is 11.1 Å². The maximum atomic E-state index is 13.5. The first-order valence-corrected chi connectivity index (χ1v) is 10.9. The number of aromatic nitrogens is 1. The highest BCUT2D eigenvalue weighted by molar-refractivity contribution is 7.08. The number of rotatable bonds is 4. The molecule has 146 valence electrons. The summed E-state index contributed by atoms with van der Waals surface area (Å²) >= 11 is 7.69. The summed E-state index contributed by atoms with van der Waals surface area (Å²) in [5.74, 6) is 0.124. The summed E-state index contributed by atoms with van der Waals surface area (Å²) in [6.45, 7) is 2.30. The lowest BCUT2D eigenvalue weighted by atomic mass is 9.99. The third-order valence-corrected chi connectivity index (χ3v) is 6.48. The summed E-state index contributed by atoms with van der Waals surface area (Å²) < 4.78 is 0. The van der Waals surface area contributed by atoms with Crippen LogP contribution in [0.2, 0.25) is 5.02 Å². The largest absolute Gasteiger partial charge is 0.367 e. The molecule has 0 bridgehead atoms. The number of aromatic amines is 1. The molecule has 4 aromatic rings. The molecule has 1 aliphatic rings. The van der Waals surface area contributed by atoms with Gasteiger partial charge in [-0.25, -0.2) is 0 Å². The monoisotopic (exact) mass is 421 g/mol. The minimum Gasteiger partial charge on any atom is -0.367 e. The van der Waals surface area contributed by atoms with E-state index in [1.54, 1.807) is 23.5 Å². The number of fused-ring (bicyclic) bond motifs is 1. The Morgan fingerprint density at radius 3 is 2.72 bits per heavy atom. The lowest BCUT2D eigenvalue weighted by molar-refractivity contribution is 0.0955. The Bertz CT molecular complexity index is 1140. The number of H-pyrrole nitrogens is 1. The Labute approximate surface area is 178 Å². The predicted molar refractivity (Wildman–Crippen MR) is 122 cm³/mol. The highest BCUT2D eigenvalue weighted by atomic mass is 35.5. The normalized spacial score (nSPS) is 17.1. The number of nitrogens with one attached hydrogen (secondary N) is 1. The van der Waals surface area contributed by atoms with Crippen LogP contribution in [-0.4, -0.2) is 36.4 Å². The van der Waals surface area contributed by atoms with Crippen LogP contribution >= 0.6 is 22.9 Å². The molecule has 29 heavy (non-hydrogen) atoms. The smallest absolute Gasteiger partial charge is 0.187 e. The third kappa shape index (κ3) is 3.41. The third-order valence-electron chi connectivity index (χ3n) is 5.56. The zero-order valence-electron chi connectivity index (χ0n) is 15.7. The molecule has 1 N–H and O–H groups in total. The maximum Gasteiger partial charge on any atom is 0.187 e. The molecule has 1 unspecified atom stereocenters. The van der Waals surface area contributed by atoms with Crippen LogP contribution in [0.25, 0.3) is 10.9 Å². The van der Waals surface area contributed by atoms with Gasteiger partial charge in [-0.2, -0.15) is 11.3 Å². The van der Waals surface area contributed by atoms with E-state index in [0.717, 1.165) is 24.3 Å². The second-order valence-electron chi connectivity index (χ2n) is 7.22. The molecule has 0 radical (unpaired) electrons. The van der Waals surface area contributed by atoms with E-state index < -0.39 is 0 Å². The number of halogens is 1. The van der Waals surface area contributed by atoms with E-state index >= 15 is 0 Å². The van der Waals surface area contributed by atoms with Gasteiger partial charge in [0.2, 0.25) is 0 Å². The van der Waals surface area contributed by atoms with Crippen LogP contribution < -0.4 is 9.80 Å². The lowest BCUT2D eigenvalue weighted by Crippen LogP contribution is -2.56. The van der Waals surface area contributed by atoms with Crippen molar-refractivity contribution in [2.75, 3.05) is 29.4 Å².